The van der Waals surface area contributed by atoms with Crippen molar-refractivity contribution in [1.82, 2.24) is 10.2 Å². The molecule has 0 aromatic heterocycles. The lowest BCUT2D eigenvalue weighted by molar-refractivity contribution is -0.122. The quantitative estimate of drug-likeness (QED) is 0.306. The van der Waals surface area contributed by atoms with Crippen LogP contribution in [0.25, 0.3) is 0 Å². The van der Waals surface area contributed by atoms with Crippen molar-refractivity contribution in [3.8, 4) is 0 Å². The molecule has 0 bridgehead atoms. The fourth-order valence-corrected chi connectivity index (χ4v) is 2.88. The molecule has 2 N–H and O–H groups in total. The molecule has 0 unspecified atom stereocenters. The first-order valence-corrected chi connectivity index (χ1v) is 9.64. The molecule has 5 heteroatoms. The summed E-state index contributed by atoms with van der Waals surface area (Å²) in [4.78, 5) is 19.0. The highest BCUT2D eigenvalue weighted by Crippen LogP contribution is 2.27. The lowest BCUT2D eigenvalue weighted by Crippen LogP contribution is -2.39. The van der Waals surface area contributed by atoms with Gasteiger partial charge in [0.1, 0.15) is 0 Å². The molecule has 1 fully saturated rings. The summed E-state index contributed by atoms with van der Waals surface area (Å²) in [7, 11) is 2.06. The molecule has 0 radical (unpaired) electrons. The SMILES string of the molecule is C=CCCCN(C)C(=NCc1cccc(NC(=O)C2CCC2)c1)NCC. The van der Waals surface area contributed by atoms with Crippen molar-refractivity contribution in [2.75, 3.05) is 25.5 Å². The molecule has 1 aromatic carbocycles. The summed E-state index contributed by atoms with van der Waals surface area (Å²) >= 11 is 0. The van der Waals surface area contributed by atoms with Crippen LogP contribution in [0, 0.1) is 5.92 Å². The van der Waals surface area contributed by atoms with Gasteiger partial charge in [-0.2, -0.15) is 0 Å². The van der Waals surface area contributed by atoms with Gasteiger partial charge in [-0.1, -0.05) is 24.6 Å². The van der Waals surface area contributed by atoms with E-state index in [-0.39, 0.29) is 11.8 Å². The summed E-state index contributed by atoms with van der Waals surface area (Å²) in [5.74, 6) is 1.24. The minimum Gasteiger partial charge on any atom is -0.357 e. The van der Waals surface area contributed by atoms with E-state index in [9.17, 15) is 4.79 Å². The number of allylic oxidation sites excluding steroid dienone is 1. The second-order valence-corrected chi connectivity index (χ2v) is 6.84. The van der Waals surface area contributed by atoms with E-state index in [4.69, 9.17) is 4.99 Å². The molecule has 0 spiro atoms. The van der Waals surface area contributed by atoms with Gasteiger partial charge in [0.05, 0.1) is 6.54 Å². The van der Waals surface area contributed by atoms with Crippen molar-refractivity contribution in [3.63, 3.8) is 0 Å². The van der Waals surface area contributed by atoms with Crippen LogP contribution in [-0.4, -0.2) is 36.9 Å². The molecule has 2 rings (SSSR count). The number of hydrogen-bond acceptors (Lipinski definition) is 2. The molecule has 1 saturated carbocycles. The molecule has 0 atom stereocenters. The van der Waals surface area contributed by atoms with Gasteiger partial charge >= 0.3 is 0 Å². The third-order valence-corrected chi connectivity index (χ3v) is 4.68. The molecule has 1 aliphatic carbocycles. The number of carbonyl (C=O) groups is 1. The number of nitrogens with one attached hydrogen (secondary N) is 2. The largest absolute Gasteiger partial charge is 0.357 e. The molecule has 0 aliphatic heterocycles. The van der Waals surface area contributed by atoms with E-state index in [1.54, 1.807) is 0 Å². The zero-order chi connectivity index (χ0) is 18.8. The van der Waals surface area contributed by atoms with Crippen molar-refractivity contribution < 1.29 is 4.79 Å². The van der Waals surface area contributed by atoms with Gasteiger partial charge in [0.25, 0.3) is 0 Å². The predicted molar refractivity (Wildman–Crippen MR) is 109 cm³/mol. The molecule has 1 aromatic rings. The van der Waals surface area contributed by atoms with Crippen LogP contribution < -0.4 is 10.6 Å². The molecule has 0 heterocycles. The zero-order valence-electron chi connectivity index (χ0n) is 16.1. The fraction of sp³-hybridized carbons (Fsp3) is 0.524. The number of hydrogen-bond donors (Lipinski definition) is 2. The first kappa shape index (κ1) is 20.0. The Morgan fingerprint density at radius 1 is 1.42 bits per heavy atom. The lowest BCUT2D eigenvalue weighted by Gasteiger charge is -2.24. The first-order valence-electron chi connectivity index (χ1n) is 9.64. The Morgan fingerprint density at radius 3 is 2.88 bits per heavy atom. The summed E-state index contributed by atoms with van der Waals surface area (Å²) in [6.07, 6.45) is 7.21. The molecule has 5 nitrogen and oxygen atoms in total. The summed E-state index contributed by atoms with van der Waals surface area (Å²) in [6, 6.07) is 7.98. The highest BCUT2D eigenvalue weighted by molar-refractivity contribution is 5.93. The van der Waals surface area contributed by atoms with Crippen molar-refractivity contribution in [2.24, 2.45) is 10.9 Å². The average Bonchev–Trinajstić information content (AvgIpc) is 2.57. The van der Waals surface area contributed by atoms with Gasteiger partial charge < -0.3 is 15.5 Å². The van der Waals surface area contributed by atoms with Crippen molar-refractivity contribution in [1.29, 1.82) is 0 Å². The van der Waals surface area contributed by atoms with Crippen LogP contribution in [-0.2, 0) is 11.3 Å². The first-order chi connectivity index (χ1) is 12.6. The van der Waals surface area contributed by atoms with E-state index < -0.39 is 0 Å². The molecule has 1 aliphatic rings. The van der Waals surface area contributed by atoms with E-state index in [2.05, 4.69) is 36.1 Å². The average molecular weight is 357 g/mol. The van der Waals surface area contributed by atoms with Gasteiger partial charge in [-0.05, 0) is 50.3 Å². The fourth-order valence-electron chi connectivity index (χ4n) is 2.88. The summed E-state index contributed by atoms with van der Waals surface area (Å²) in [5, 5.41) is 6.37. The second kappa shape index (κ2) is 10.6. The van der Waals surface area contributed by atoms with Crippen LogP contribution >= 0.6 is 0 Å². The van der Waals surface area contributed by atoms with Crippen molar-refractivity contribution in [3.05, 3.63) is 42.5 Å². The maximum atomic E-state index is 12.1. The number of aliphatic imine (C=N–C) groups is 1. The monoisotopic (exact) mass is 356 g/mol. The highest BCUT2D eigenvalue weighted by Gasteiger charge is 2.25. The van der Waals surface area contributed by atoms with Gasteiger partial charge in [0.2, 0.25) is 5.91 Å². The Balaban J connectivity index is 1.95. The number of nitrogens with zero attached hydrogens (tertiary/aromatic N) is 2. The molecule has 142 valence electrons. The van der Waals surface area contributed by atoms with Crippen LogP contribution in [0.3, 0.4) is 0 Å². The van der Waals surface area contributed by atoms with Crippen LogP contribution in [0.5, 0.6) is 0 Å². The molecule has 26 heavy (non-hydrogen) atoms. The van der Waals surface area contributed by atoms with E-state index >= 15 is 0 Å². The number of amides is 1. The zero-order valence-corrected chi connectivity index (χ0v) is 16.1. The Kier molecular flexibility index (Phi) is 8.19. The van der Waals surface area contributed by atoms with E-state index in [1.807, 2.05) is 30.3 Å². The summed E-state index contributed by atoms with van der Waals surface area (Å²) in [5.41, 5.74) is 1.95. The van der Waals surface area contributed by atoms with E-state index in [0.717, 1.165) is 56.0 Å². The van der Waals surface area contributed by atoms with Gasteiger partial charge in [-0.3, -0.25) is 4.79 Å². The van der Waals surface area contributed by atoms with Crippen LogP contribution in [0.1, 0.15) is 44.6 Å². The Morgan fingerprint density at radius 2 is 2.23 bits per heavy atom. The van der Waals surface area contributed by atoms with Crippen molar-refractivity contribution in [2.45, 2.75) is 45.6 Å². The summed E-state index contributed by atoms with van der Waals surface area (Å²) < 4.78 is 0. The van der Waals surface area contributed by atoms with Gasteiger partial charge in [0, 0.05) is 31.7 Å². The number of anilines is 1. The standard InChI is InChI=1S/C21H32N4O/c1-4-6-7-14-25(3)21(22-5-2)23-16-17-10-8-13-19(15-17)24-20(26)18-11-9-12-18/h4,8,10,13,15,18H,1,5-7,9,11-12,14,16H2,2-3H3,(H,22,23)(H,24,26). The molecule has 1 amide bonds. The minimum absolute atomic E-state index is 0.146. The number of guanidine groups is 1. The second-order valence-electron chi connectivity index (χ2n) is 6.84. The maximum Gasteiger partial charge on any atom is 0.227 e. The maximum absolute atomic E-state index is 12.1. The highest BCUT2D eigenvalue weighted by atomic mass is 16.1. The number of carbonyl (C=O) groups excluding carboxylic acids is 1. The lowest BCUT2D eigenvalue weighted by atomic mass is 9.85. The molecule has 0 saturated heterocycles. The van der Waals surface area contributed by atoms with E-state index in [0.29, 0.717) is 6.54 Å². The number of unbranched alkanes of at least 4 members (excludes halogenated alkanes) is 1. The predicted octanol–water partition coefficient (Wildman–Crippen LogP) is 3.79. The van der Waals surface area contributed by atoms with Gasteiger partial charge in [-0.15, -0.1) is 6.58 Å². The van der Waals surface area contributed by atoms with Crippen LogP contribution in [0.4, 0.5) is 5.69 Å². The van der Waals surface area contributed by atoms with E-state index in [1.165, 1.54) is 6.42 Å². The Labute approximate surface area is 157 Å². The number of rotatable bonds is 9. The summed E-state index contributed by atoms with van der Waals surface area (Å²) in [6.45, 7) is 8.20. The van der Waals surface area contributed by atoms with Crippen LogP contribution in [0.15, 0.2) is 41.9 Å². The topological polar surface area (TPSA) is 56.7 Å². The third kappa shape index (κ3) is 6.21. The van der Waals surface area contributed by atoms with Crippen LogP contribution in [0.2, 0.25) is 0 Å². The number of benzene rings is 1. The normalized spacial score (nSPS) is 14.5. The molecular formula is C21H32N4O. The minimum atomic E-state index is 0.146. The van der Waals surface area contributed by atoms with Crippen molar-refractivity contribution >= 4 is 17.6 Å². The third-order valence-electron chi connectivity index (χ3n) is 4.68. The Bertz CT molecular complexity index is 622. The Hall–Kier alpha value is -2.30. The molecular weight excluding hydrogens is 324 g/mol. The smallest absolute Gasteiger partial charge is 0.227 e. The van der Waals surface area contributed by atoms with Gasteiger partial charge in [0.15, 0.2) is 5.96 Å². The van der Waals surface area contributed by atoms with Gasteiger partial charge in [-0.25, -0.2) is 4.99 Å².